The first-order valence-corrected chi connectivity index (χ1v) is 8.89. The third kappa shape index (κ3) is 2.93. The fraction of sp³-hybridized carbons (Fsp3) is 0.188. The Morgan fingerprint density at radius 2 is 1.96 bits per heavy atom. The minimum atomic E-state index is -3.91. The summed E-state index contributed by atoms with van der Waals surface area (Å²) >= 11 is 0. The Balaban J connectivity index is 2.25. The van der Waals surface area contributed by atoms with Gasteiger partial charge in [0.25, 0.3) is 15.7 Å². The van der Waals surface area contributed by atoms with Crippen LogP contribution < -0.4 is 4.74 Å². The second-order valence-electron chi connectivity index (χ2n) is 5.36. The molecule has 0 saturated heterocycles. The highest BCUT2D eigenvalue weighted by molar-refractivity contribution is 7.90. The van der Waals surface area contributed by atoms with Crippen LogP contribution in [0.1, 0.15) is 12.5 Å². The number of hydrogen-bond donors (Lipinski definition) is 0. The van der Waals surface area contributed by atoms with Gasteiger partial charge in [-0.1, -0.05) is 17.7 Å². The number of ether oxygens (including phenoxy) is 1. The molecule has 0 aliphatic rings. The van der Waals surface area contributed by atoms with Gasteiger partial charge in [-0.15, -0.1) is 0 Å². The Bertz CT molecular complexity index is 1060. The van der Waals surface area contributed by atoms with Crippen LogP contribution in [0.4, 0.5) is 5.69 Å². The van der Waals surface area contributed by atoms with Crippen LogP contribution in [0.25, 0.3) is 11.0 Å². The summed E-state index contributed by atoms with van der Waals surface area (Å²) in [5.74, 6) is 0.226. The van der Waals surface area contributed by atoms with Crippen LogP contribution in [0.3, 0.4) is 0 Å². The zero-order valence-corrected chi connectivity index (χ0v) is 14.4. The van der Waals surface area contributed by atoms with Crippen LogP contribution in [0.5, 0.6) is 5.75 Å². The Morgan fingerprint density at radius 3 is 2.56 bits per heavy atom. The fourth-order valence-electron chi connectivity index (χ4n) is 2.42. The van der Waals surface area contributed by atoms with Crippen LogP contribution >= 0.6 is 0 Å². The standard InChI is InChI=1S/C16H15N3O5S/c1-3-24-15-10-18(16-14(15)8-12(9-17-16)19(20)21)25(22,23)13-6-4-11(2)5-7-13/h4-10H,3H2,1-2H3. The molecule has 2 heterocycles. The summed E-state index contributed by atoms with van der Waals surface area (Å²) in [6, 6.07) is 7.65. The van der Waals surface area contributed by atoms with E-state index < -0.39 is 14.9 Å². The van der Waals surface area contributed by atoms with E-state index >= 15 is 0 Å². The number of nitro groups is 1. The van der Waals surface area contributed by atoms with Crippen molar-refractivity contribution in [2.75, 3.05) is 6.61 Å². The lowest BCUT2D eigenvalue weighted by atomic mass is 10.2. The fourth-order valence-corrected chi connectivity index (χ4v) is 3.73. The van der Waals surface area contributed by atoms with Crippen molar-refractivity contribution in [2.24, 2.45) is 0 Å². The summed E-state index contributed by atoms with van der Waals surface area (Å²) in [6.07, 6.45) is 2.32. The van der Waals surface area contributed by atoms with Gasteiger partial charge in [0.05, 0.1) is 28.0 Å². The lowest BCUT2D eigenvalue weighted by Gasteiger charge is -2.06. The topological polar surface area (TPSA) is 104 Å². The quantitative estimate of drug-likeness (QED) is 0.511. The van der Waals surface area contributed by atoms with E-state index in [0.29, 0.717) is 0 Å². The van der Waals surface area contributed by atoms with Crippen molar-refractivity contribution in [1.29, 1.82) is 0 Å². The van der Waals surface area contributed by atoms with Gasteiger partial charge >= 0.3 is 0 Å². The number of hydrogen-bond acceptors (Lipinski definition) is 6. The second kappa shape index (κ2) is 6.17. The Hall–Kier alpha value is -2.94. The largest absolute Gasteiger partial charge is 0.492 e. The first kappa shape index (κ1) is 16.9. The van der Waals surface area contributed by atoms with Gasteiger partial charge in [0.15, 0.2) is 5.65 Å². The maximum Gasteiger partial charge on any atom is 0.288 e. The lowest BCUT2D eigenvalue weighted by molar-refractivity contribution is -0.385. The molecule has 0 aliphatic carbocycles. The smallest absolute Gasteiger partial charge is 0.288 e. The molecular formula is C16H15N3O5S. The van der Waals surface area contributed by atoms with Crippen molar-refractivity contribution in [3.8, 4) is 5.75 Å². The van der Waals surface area contributed by atoms with Crippen LogP contribution in [-0.4, -0.2) is 28.9 Å². The van der Waals surface area contributed by atoms with Crippen molar-refractivity contribution < 1.29 is 18.1 Å². The van der Waals surface area contributed by atoms with Crippen molar-refractivity contribution in [3.63, 3.8) is 0 Å². The van der Waals surface area contributed by atoms with Gasteiger partial charge in [0.1, 0.15) is 11.9 Å². The molecule has 0 saturated carbocycles. The second-order valence-corrected chi connectivity index (χ2v) is 7.18. The minimum absolute atomic E-state index is 0.0784. The summed E-state index contributed by atoms with van der Waals surface area (Å²) in [4.78, 5) is 14.5. The number of rotatable bonds is 5. The molecule has 130 valence electrons. The van der Waals surface area contributed by atoms with Crippen LogP contribution in [0, 0.1) is 17.0 Å². The SMILES string of the molecule is CCOc1cn(S(=O)(=O)c2ccc(C)cc2)c2ncc([N+](=O)[O-])cc12. The number of nitrogens with zero attached hydrogens (tertiary/aromatic N) is 3. The third-order valence-electron chi connectivity index (χ3n) is 3.65. The van der Waals surface area contributed by atoms with Crippen LogP contribution in [0.15, 0.2) is 47.6 Å². The van der Waals surface area contributed by atoms with Crippen LogP contribution in [-0.2, 0) is 10.0 Å². The molecule has 9 heteroatoms. The van der Waals surface area contributed by atoms with E-state index in [4.69, 9.17) is 4.74 Å². The summed E-state index contributed by atoms with van der Waals surface area (Å²) in [6.45, 7) is 3.88. The molecule has 0 N–H and O–H groups in total. The summed E-state index contributed by atoms with van der Waals surface area (Å²) < 4.78 is 32.3. The van der Waals surface area contributed by atoms with E-state index in [1.807, 2.05) is 6.92 Å². The molecule has 0 bridgehead atoms. The molecule has 0 spiro atoms. The molecule has 0 aliphatic heterocycles. The third-order valence-corrected chi connectivity index (χ3v) is 5.31. The van der Waals surface area contributed by atoms with Crippen molar-refractivity contribution in [1.82, 2.24) is 8.96 Å². The van der Waals surface area contributed by atoms with Gasteiger partial charge in [-0.2, -0.15) is 0 Å². The Kier molecular flexibility index (Phi) is 4.17. The Morgan fingerprint density at radius 1 is 1.28 bits per heavy atom. The summed E-state index contributed by atoms with van der Waals surface area (Å²) in [5.41, 5.74) is 0.772. The van der Waals surface area contributed by atoms with Crippen molar-refractivity contribution in [2.45, 2.75) is 18.7 Å². The molecule has 0 unspecified atom stereocenters. The first-order valence-electron chi connectivity index (χ1n) is 7.45. The normalized spacial score (nSPS) is 11.6. The predicted molar refractivity (Wildman–Crippen MR) is 91.3 cm³/mol. The van der Waals surface area contributed by atoms with E-state index in [1.165, 1.54) is 24.4 Å². The average Bonchev–Trinajstić information content (AvgIpc) is 2.94. The van der Waals surface area contributed by atoms with Gasteiger partial charge in [-0.25, -0.2) is 17.4 Å². The van der Waals surface area contributed by atoms with Gasteiger partial charge in [-0.3, -0.25) is 10.1 Å². The molecule has 3 rings (SSSR count). The van der Waals surface area contributed by atoms with E-state index in [2.05, 4.69) is 4.98 Å². The predicted octanol–water partition coefficient (Wildman–Crippen LogP) is 2.89. The zero-order valence-electron chi connectivity index (χ0n) is 13.5. The highest BCUT2D eigenvalue weighted by Gasteiger charge is 2.24. The van der Waals surface area contributed by atoms with Crippen molar-refractivity contribution >= 4 is 26.7 Å². The van der Waals surface area contributed by atoms with E-state index in [-0.39, 0.29) is 34.0 Å². The molecule has 3 aromatic rings. The molecule has 2 aromatic heterocycles. The zero-order chi connectivity index (χ0) is 18.2. The van der Waals surface area contributed by atoms with Gasteiger partial charge in [-0.05, 0) is 26.0 Å². The van der Waals surface area contributed by atoms with Gasteiger partial charge in [0, 0.05) is 6.07 Å². The molecule has 0 radical (unpaired) electrons. The molecule has 0 atom stereocenters. The lowest BCUT2D eigenvalue weighted by Crippen LogP contribution is -2.12. The molecule has 1 aromatic carbocycles. The van der Waals surface area contributed by atoms with Gasteiger partial charge < -0.3 is 4.74 Å². The van der Waals surface area contributed by atoms with Gasteiger partial charge in [0.2, 0.25) is 0 Å². The molecule has 8 nitrogen and oxygen atoms in total. The molecule has 0 amide bonds. The van der Waals surface area contributed by atoms with E-state index in [0.717, 1.165) is 15.7 Å². The minimum Gasteiger partial charge on any atom is -0.492 e. The number of pyridine rings is 1. The summed E-state index contributed by atoms with van der Waals surface area (Å²) in [5, 5.41) is 11.2. The maximum absolute atomic E-state index is 12.9. The maximum atomic E-state index is 12.9. The monoisotopic (exact) mass is 361 g/mol. The van der Waals surface area contributed by atoms with E-state index in [1.54, 1.807) is 19.1 Å². The van der Waals surface area contributed by atoms with Crippen LogP contribution in [0.2, 0.25) is 0 Å². The first-order chi connectivity index (χ1) is 11.8. The summed E-state index contributed by atoms with van der Waals surface area (Å²) in [7, 11) is -3.91. The highest BCUT2D eigenvalue weighted by Crippen LogP contribution is 2.32. The number of aryl methyl sites for hydroxylation is 1. The molecule has 0 fully saturated rings. The Labute approximate surface area is 143 Å². The average molecular weight is 361 g/mol. The number of fused-ring (bicyclic) bond motifs is 1. The highest BCUT2D eigenvalue weighted by atomic mass is 32.2. The van der Waals surface area contributed by atoms with E-state index in [9.17, 15) is 18.5 Å². The molecule has 25 heavy (non-hydrogen) atoms. The van der Waals surface area contributed by atoms with Crippen molar-refractivity contribution in [3.05, 3.63) is 58.4 Å². The number of benzene rings is 1. The molecular weight excluding hydrogens is 346 g/mol. The number of aromatic nitrogens is 2.